The molecule has 0 radical (unpaired) electrons. The van der Waals surface area contributed by atoms with Gasteiger partial charge in [0.2, 0.25) is 11.8 Å². The van der Waals surface area contributed by atoms with E-state index in [1.807, 2.05) is 94.4 Å². The highest BCUT2D eigenvalue weighted by atomic mass is 32.2. The Hall–Kier alpha value is -3.69. The van der Waals surface area contributed by atoms with Crippen molar-refractivity contribution < 1.29 is 18.0 Å². The average molecular weight is 593 g/mol. The number of anilines is 1. The summed E-state index contributed by atoms with van der Waals surface area (Å²) in [7, 11) is -1.15. The number of hydrogen-bond acceptors (Lipinski definition) is 4. The van der Waals surface area contributed by atoms with Crippen molar-refractivity contribution in [2.45, 2.75) is 59.5 Å². The molecule has 3 rings (SSSR count). The number of amides is 2. The van der Waals surface area contributed by atoms with E-state index >= 15 is 0 Å². The lowest BCUT2D eigenvalue weighted by Gasteiger charge is -2.35. The minimum Gasteiger partial charge on any atom is -0.354 e. The number of rotatable bonds is 14. The Labute approximate surface area is 251 Å². The maximum Gasteiger partial charge on any atom is 0.304 e. The molecule has 0 heterocycles. The van der Waals surface area contributed by atoms with Crippen LogP contribution in [0, 0.1) is 20.8 Å². The topological polar surface area (TPSA) is 90.0 Å². The number of unbranched alkanes of at least 4 members (excludes halogenated alkanes) is 1. The van der Waals surface area contributed by atoms with Crippen LogP contribution in [0.5, 0.6) is 0 Å². The summed E-state index contributed by atoms with van der Waals surface area (Å²) in [6.45, 7) is 7.92. The molecule has 8 nitrogen and oxygen atoms in total. The van der Waals surface area contributed by atoms with Crippen LogP contribution < -0.4 is 9.62 Å². The molecule has 3 aromatic rings. The van der Waals surface area contributed by atoms with Gasteiger partial charge in [0.1, 0.15) is 12.6 Å². The van der Waals surface area contributed by atoms with Gasteiger partial charge in [0.05, 0.1) is 5.69 Å². The van der Waals surface area contributed by atoms with Crippen LogP contribution >= 0.6 is 0 Å². The van der Waals surface area contributed by atoms with Gasteiger partial charge in [-0.2, -0.15) is 12.7 Å². The van der Waals surface area contributed by atoms with E-state index in [1.54, 1.807) is 6.07 Å². The third kappa shape index (κ3) is 8.66. The molecule has 0 aliphatic carbocycles. The highest BCUT2D eigenvalue weighted by molar-refractivity contribution is 7.90. The lowest BCUT2D eigenvalue weighted by Crippen LogP contribution is -2.54. The molecule has 0 saturated carbocycles. The summed E-state index contributed by atoms with van der Waals surface area (Å²) in [5.41, 5.74) is 4.82. The van der Waals surface area contributed by atoms with E-state index in [0.29, 0.717) is 18.7 Å². The zero-order valence-corrected chi connectivity index (χ0v) is 26.4. The molecule has 226 valence electrons. The molecule has 1 N–H and O–H groups in total. The maximum absolute atomic E-state index is 14.4. The molecular weight excluding hydrogens is 548 g/mol. The molecule has 0 aromatic heterocycles. The normalized spacial score (nSPS) is 12.2. The molecule has 1 unspecified atom stereocenters. The molecule has 9 heteroatoms. The number of hydrogen-bond donors (Lipinski definition) is 1. The van der Waals surface area contributed by atoms with E-state index in [4.69, 9.17) is 0 Å². The fourth-order valence-corrected chi connectivity index (χ4v) is 5.87. The second kappa shape index (κ2) is 15.0. The van der Waals surface area contributed by atoms with E-state index in [9.17, 15) is 18.0 Å². The summed E-state index contributed by atoms with van der Waals surface area (Å²) in [4.78, 5) is 29.6. The zero-order valence-electron chi connectivity index (χ0n) is 25.6. The third-order valence-corrected chi connectivity index (χ3v) is 8.99. The van der Waals surface area contributed by atoms with Gasteiger partial charge in [-0.25, -0.2) is 4.31 Å². The number of nitrogens with one attached hydrogen (secondary N) is 1. The Bertz CT molecular complexity index is 1460. The number of carbonyl (C=O) groups excluding carboxylic acids is 2. The van der Waals surface area contributed by atoms with Crippen molar-refractivity contribution in [3.63, 3.8) is 0 Å². The van der Waals surface area contributed by atoms with Crippen molar-refractivity contribution in [3.05, 3.63) is 101 Å². The second-order valence-corrected chi connectivity index (χ2v) is 13.0. The first kappa shape index (κ1) is 32.8. The van der Waals surface area contributed by atoms with E-state index in [0.717, 1.165) is 49.3 Å². The zero-order chi connectivity index (χ0) is 30.9. The van der Waals surface area contributed by atoms with Gasteiger partial charge in [0.25, 0.3) is 0 Å². The predicted molar refractivity (Wildman–Crippen MR) is 169 cm³/mol. The van der Waals surface area contributed by atoms with E-state index in [-0.39, 0.29) is 12.5 Å². The minimum atomic E-state index is -4.04. The molecule has 0 saturated heterocycles. The third-order valence-electron chi connectivity index (χ3n) is 7.19. The summed E-state index contributed by atoms with van der Waals surface area (Å²) in [5, 5.41) is 3.01. The summed E-state index contributed by atoms with van der Waals surface area (Å²) in [5.74, 6) is -0.725. The molecular formula is C33H44N4O4S. The van der Waals surface area contributed by atoms with Gasteiger partial charge in [-0.15, -0.1) is 0 Å². The molecule has 2 amide bonds. The van der Waals surface area contributed by atoms with Gasteiger partial charge in [-0.05, 0) is 55.5 Å². The van der Waals surface area contributed by atoms with Crippen LogP contribution in [0.4, 0.5) is 5.69 Å². The van der Waals surface area contributed by atoms with Crippen LogP contribution in [-0.2, 0) is 32.8 Å². The summed E-state index contributed by atoms with van der Waals surface area (Å²) < 4.78 is 29.5. The first-order valence-electron chi connectivity index (χ1n) is 14.4. The number of benzene rings is 3. The molecule has 0 fully saturated rings. The van der Waals surface area contributed by atoms with Crippen LogP contribution in [0.3, 0.4) is 0 Å². The first-order chi connectivity index (χ1) is 19.9. The Morgan fingerprint density at radius 3 is 2.17 bits per heavy atom. The van der Waals surface area contributed by atoms with Crippen LogP contribution in [0.1, 0.15) is 47.6 Å². The Kier molecular flexibility index (Phi) is 11.7. The number of nitrogens with zero attached hydrogens (tertiary/aromatic N) is 3. The largest absolute Gasteiger partial charge is 0.354 e. The summed E-state index contributed by atoms with van der Waals surface area (Å²) >= 11 is 0. The molecule has 42 heavy (non-hydrogen) atoms. The van der Waals surface area contributed by atoms with Crippen LogP contribution in [0.15, 0.2) is 72.8 Å². The molecule has 0 aliphatic heterocycles. The SMILES string of the molecule is CCCCNC(=O)C(Cc1ccccc1)N(Cc1cccc(C)c1)C(=O)CN(c1cc(C)ccc1C)S(=O)(=O)N(C)C. The molecule has 0 aliphatic rings. The van der Waals surface area contributed by atoms with E-state index in [1.165, 1.54) is 19.0 Å². The van der Waals surface area contributed by atoms with Gasteiger partial charge in [0.15, 0.2) is 0 Å². The average Bonchev–Trinajstić information content (AvgIpc) is 2.95. The van der Waals surface area contributed by atoms with E-state index < -0.39 is 28.7 Å². The molecule has 0 bridgehead atoms. The van der Waals surface area contributed by atoms with Gasteiger partial charge in [-0.3, -0.25) is 9.59 Å². The van der Waals surface area contributed by atoms with Gasteiger partial charge in [0, 0.05) is 33.6 Å². The highest BCUT2D eigenvalue weighted by Gasteiger charge is 2.35. The van der Waals surface area contributed by atoms with Gasteiger partial charge < -0.3 is 10.2 Å². The van der Waals surface area contributed by atoms with Crippen LogP contribution in [0.2, 0.25) is 0 Å². The highest BCUT2D eigenvalue weighted by Crippen LogP contribution is 2.26. The van der Waals surface area contributed by atoms with Crippen molar-refractivity contribution in [2.75, 3.05) is 31.5 Å². The number of aryl methyl sites for hydroxylation is 3. The van der Waals surface area contributed by atoms with Crippen molar-refractivity contribution in [1.82, 2.24) is 14.5 Å². The van der Waals surface area contributed by atoms with Crippen molar-refractivity contribution in [2.24, 2.45) is 0 Å². The van der Waals surface area contributed by atoms with Crippen molar-refractivity contribution in [3.8, 4) is 0 Å². The van der Waals surface area contributed by atoms with Crippen LogP contribution in [0.25, 0.3) is 0 Å². The Balaban J connectivity index is 2.11. The summed E-state index contributed by atoms with van der Waals surface area (Å²) in [6, 6.07) is 22.0. The predicted octanol–water partition coefficient (Wildman–Crippen LogP) is 4.78. The van der Waals surface area contributed by atoms with Crippen molar-refractivity contribution in [1.29, 1.82) is 0 Å². The number of carbonyl (C=O) groups is 2. The lowest BCUT2D eigenvalue weighted by atomic mass is 10.0. The monoisotopic (exact) mass is 592 g/mol. The van der Waals surface area contributed by atoms with Crippen molar-refractivity contribution >= 4 is 27.7 Å². The van der Waals surface area contributed by atoms with Gasteiger partial charge in [-0.1, -0.05) is 85.6 Å². The minimum absolute atomic E-state index is 0.155. The molecule has 0 spiro atoms. The van der Waals surface area contributed by atoms with Crippen LogP contribution in [-0.4, -0.2) is 62.7 Å². The maximum atomic E-state index is 14.4. The standard InChI is InChI=1S/C33H44N4O4S/c1-7-8-19-34-33(39)31(22-28-14-10-9-11-15-28)36(23-29-16-12-13-25(2)20-29)32(38)24-37(42(40,41)35(5)6)30-21-26(3)17-18-27(30)4/h9-18,20-21,31H,7-8,19,22-24H2,1-6H3,(H,34,39). The lowest BCUT2D eigenvalue weighted by molar-refractivity contribution is -0.140. The quantitative estimate of drug-likeness (QED) is 0.273. The van der Waals surface area contributed by atoms with E-state index in [2.05, 4.69) is 5.32 Å². The van der Waals surface area contributed by atoms with Gasteiger partial charge >= 0.3 is 10.2 Å². The Morgan fingerprint density at radius 1 is 0.857 bits per heavy atom. The first-order valence-corrected chi connectivity index (χ1v) is 15.8. The smallest absolute Gasteiger partial charge is 0.304 e. The fourth-order valence-electron chi connectivity index (χ4n) is 4.76. The summed E-state index contributed by atoms with van der Waals surface area (Å²) in [6.07, 6.45) is 2.03. The Morgan fingerprint density at radius 2 is 1.52 bits per heavy atom. The second-order valence-electron chi connectivity index (χ2n) is 10.9. The molecule has 3 aromatic carbocycles. The fraction of sp³-hybridized carbons (Fsp3) is 0.394. The molecule has 1 atom stereocenters.